The lowest BCUT2D eigenvalue weighted by Gasteiger charge is -2.28. The highest BCUT2D eigenvalue weighted by atomic mass is 16.5. The molecule has 19 heavy (non-hydrogen) atoms. The van der Waals surface area contributed by atoms with Crippen LogP contribution in [-0.4, -0.2) is 23.8 Å². The lowest BCUT2D eigenvalue weighted by molar-refractivity contribution is 0.0138. The third-order valence-electron chi connectivity index (χ3n) is 3.13. The third kappa shape index (κ3) is 5.43. The van der Waals surface area contributed by atoms with Crippen LogP contribution >= 0.6 is 0 Å². The lowest BCUT2D eigenvalue weighted by atomic mass is 9.84. The van der Waals surface area contributed by atoms with Gasteiger partial charge in [-0.2, -0.15) is 0 Å². The van der Waals surface area contributed by atoms with Crippen molar-refractivity contribution in [3.63, 3.8) is 0 Å². The van der Waals surface area contributed by atoms with Crippen LogP contribution in [0.4, 0.5) is 0 Å². The van der Waals surface area contributed by atoms with Crippen LogP contribution in [-0.2, 0) is 4.74 Å². The molecule has 0 bridgehead atoms. The molecule has 0 aliphatic rings. The smallest absolute Gasteiger partial charge is 0.338 e. The summed E-state index contributed by atoms with van der Waals surface area (Å²) in [5.41, 5.74) is 0.330. The molecule has 0 spiro atoms. The van der Waals surface area contributed by atoms with E-state index in [9.17, 15) is 9.90 Å². The Balaban J connectivity index is 2.49. The second-order valence-electron chi connectivity index (χ2n) is 6.12. The molecule has 1 N–H and O–H groups in total. The van der Waals surface area contributed by atoms with Gasteiger partial charge in [-0.05, 0) is 24.5 Å². The van der Waals surface area contributed by atoms with Gasteiger partial charge in [0, 0.05) is 5.41 Å². The van der Waals surface area contributed by atoms with Crippen molar-refractivity contribution in [1.82, 2.24) is 0 Å². The highest BCUT2D eigenvalue weighted by molar-refractivity contribution is 5.89. The molecule has 1 aromatic carbocycles. The molecular weight excluding hydrogens is 240 g/mol. The minimum Gasteiger partial charge on any atom is -0.462 e. The van der Waals surface area contributed by atoms with E-state index in [1.807, 2.05) is 45.9 Å². The minimum atomic E-state index is -0.370. The Morgan fingerprint density at radius 3 is 2.37 bits per heavy atom. The van der Waals surface area contributed by atoms with Gasteiger partial charge in [0.25, 0.3) is 0 Å². The van der Waals surface area contributed by atoms with Crippen molar-refractivity contribution in [1.29, 1.82) is 0 Å². The van der Waals surface area contributed by atoms with Gasteiger partial charge in [-0.25, -0.2) is 4.79 Å². The van der Waals surface area contributed by atoms with Crippen LogP contribution in [0.15, 0.2) is 30.3 Å². The van der Waals surface area contributed by atoms with Gasteiger partial charge >= 0.3 is 5.97 Å². The zero-order chi connectivity index (χ0) is 14.5. The molecule has 0 aromatic heterocycles. The van der Waals surface area contributed by atoms with Crippen LogP contribution in [0.25, 0.3) is 0 Å². The standard InChI is InChI=1S/C16H24O3/c1-12(2)14(17)10-16(3,4)11-19-15(18)13-8-6-5-7-9-13/h5-9,12,14,17H,10-11H2,1-4H3. The maximum absolute atomic E-state index is 11.8. The lowest BCUT2D eigenvalue weighted by Crippen LogP contribution is -2.29. The molecule has 1 atom stereocenters. The van der Waals surface area contributed by atoms with E-state index in [1.54, 1.807) is 12.1 Å². The number of aliphatic hydroxyl groups excluding tert-OH is 1. The number of aliphatic hydroxyl groups is 1. The number of esters is 1. The van der Waals surface area contributed by atoms with E-state index in [0.717, 1.165) is 0 Å². The zero-order valence-electron chi connectivity index (χ0n) is 12.2. The monoisotopic (exact) mass is 264 g/mol. The summed E-state index contributed by atoms with van der Waals surface area (Å²) in [6, 6.07) is 8.95. The molecule has 3 heteroatoms. The molecule has 0 aliphatic carbocycles. The molecule has 1 unspecified atom stereocenters. The van der Waals surface area contributed by atoms with Gasteiger partial charge in [-0.15, -0.1) is 0 Å². The summed E-state index contributed by atoms with van der Waals surface area (Å²) in [6.07, 6.45) is 0.248. The highest BCUT2D eigenvalue weighted by Gasteiger charge is 2.25. The fourth-order valence-electron chi connectivity index (χ4n) is 1.78. The number of hydrogen-bond donors (Lipinski definition) is 1. The SMILES string of the molecule is CC(C)C(O)CC(C)(C)COC(=O)c1ccccc1. The summed E-state index contributed by atoms with van der Waals surface area (Å²) in [4.78, 5) is 11.8. The Hall–Kier alpha value is -1.35. The summed E-state index contributed by atoms with van der Waals surface area (Å²) in [5.74, 6) is -0.100. The predicted octanol–water partition coefficient (Wildman–Crippen LogP) is 3.28. The third-order valence-corrected chi connectivity index (χ3v) is 3.13. The second-order valence-corrected chi connectivity index (χ2v) is 6.12. The van der Waals surface area contributed by atoms with Crippen molar-refractivity contribution in [2.45, 2.75) is 40.2 Å². The number of rotatable bonds is 6. The van der Waals surface area contributed by atoms with Gasteiger partial charge in [0.2, 0.25) is 0 Å². The second kappa shape index (κ2) is 6.71. The molecule has 0 heterocycles. The summed E-state index contributed by atoms with van der Waals surface area (Å²) in [7, 11) is 0. The van der Waals surface area contributed by atoms with Crippen molar-refractivity contribution in [2.75, 3.05) is 6.61 Å². The average molecular weight is 264 g/mol. The van der Waals surface area contributed by atoms with Crippen molar-refractivity contribution in [3.8, 4) is 0 Å². The van der Waals surface area contributed by atoms with Crippen molar-refractivity contribution < 1.29 is 14.6 Å². The maximum atomic E-state index is 11.8. The first-order chi connectivity index (χ1) is 8.82. The van der Waals surface area contributed by atoms with Crippen LogP contribution in [0.5, 0.6) is 0 Å². The number of hydrogen-bond acceptors (Lipinski definition) is 3. The van der Waals surface area contributed by atoms with E-state index in [1.165, 1.54) is 0 Å². The Kier molecular flexibility index (Phi) is 5.55. The molecule has 0 amide bonds. The van der Waals surface area contributed by atoms with Crippen LogP contribution < -0.4 is 0 Å². The van der Waals surface area contributed by atoms with Crippen LogP contribution in [0.3, 0.4) is 0 Å². The van der Waals surface area contributed by atoms with Crippen molar-refractivity contribution >= 4 is 5.97 Å². The van der Waals surface area contributed by atoms with E-state index in [4.69, 9.17) is 4.74 Å². The van der Waals surface area contributed by atoms with E-state index in [-0.39, 0.29) is 23.4 Å². The maximum Gasteiger partial charge on any atom is 0.338 e. The largest absolute Gasteiger partial charge is 0.462 e. The molecule has 0 aliphatic heterocycles. The number of ether oxygens (including phenoxy) is 1. The fraction of sp³-hybridized carbons (Fsp3) is 0.562. The van der Waals surface area contributed by atoms with Gasteiger partial charge in [-0.1, -0.05) is 45.9 Å². The van der Waals surface area contributed by atoms with Gasteiger partial charge in [0.1, 0.15) is 0 Å². The molecule has 1 aromatic rings. The summed E-state index contributed by atoms with van der Waals surface area (Å²) < 4.78 is 5.32. The molecule has 0 radical (unpaired) electrons. The zero-order valence-corrected chi connectivity index (χ0v) is 12.2. The van der Waals surface area contributed by atoms with Gasteiger partial charge < -0.3 is 9.84 Å². The first kappa shape index (κ1) is 15.7. The van der Waals surface area contributed by atoms with E-state index >= 15 is 0 Å². The van der Waals surface area contributed by atoms with E-state index < -0.39 is 0 Å². The Labute approximate surface area is 115 Å². The molecule has 106 valence electrons. The Morgan fingerprint density at radius 2 is 1.84 bits per heavy atom. The molecule has 0 saturated carbocycles. The molecule has 0 saturated heterocycles. The first-order valence-electron chi connectivity index (χ1n) is 6.72. The highest BCUT2D eigenvalue weighted by Crippen LogP contribution is 2.26. The quantitative estimate of drug-likeness (QED) is 0.802. The normalized spacial score (nSPS) is 13.4. The predicted molar refractivity (Wildman–Crippen MR) is 76.0 cm³/mol. The number of carbonyl (C=O) groups excluding carboxylic acids is 1. The van der Waals surface area contributed by atoms with Gasteiger partial charge in [0.15, 0.2) is 0 Å². The van der Waals surface area contributed by atoms with E-state index in [2.05, 4.69) is 0 Å². The number of benzene rings is 1. The fourth-order valence-corrected chi connectivity index (χ4v) is 1.78. The summed E-state index contributed by atoms with van der Waals surface area (Å²) in [6.45, 7) is 8.27. The van der Waals surface area contributed by atoms with Crippen LogP contribution in [0.1, 0.15) is 44.5 Å². The van der Waals surface area contributed by atoms with Crippen molar-refractivity contribution in [2.24, 2.45) is 11.3 Å². The van der Waals surface area contributed by atoms with Crippen LogP contribution in [0.2, 0.25) is 0 Å². The van der Waals surface area contributed by atoms with Crippen LogP contribution in [0, 0.1) is 11.3 Å². The summed E-state index contributed by atoms with van der Waals surface area (Å²) in [5, 5.41) is 9.90. The molecule has 0 fully saturated rings. The minimum absolute atomic E-state index is 0.212. The van der Waals surface area contributed by atoms with E-state index in [0.29, 0.717) is 18.6 Å². The summed E-state index contributed by atoms with van der Waals surface area (Å²) >= 11 is 0. The molecule has 3 nitrogen and oxygen atoms in total. The van der Waals surface area contributed by atoms with Gasteiger partial charge in [-0.3, -0.25) is 0 Å². The Bertz CT molecular complexity index is 396. The Morgan fingerprint density at radius 1 is 1.26 bits per heavy atom. The first-order valence-corrected chi connectivity index (χ1v) is 6.72. The molecule has 1 rings (SSSR count). The average Bonchev–Trinajstić information content (AvgIpc) is 2.36. The van der Waals surface area contributed by atoms with Crippen molar-refractivity contribution in [3.05, 3.63) is 35.9 Å². The molecular formula is C16H24O3. The van der Waals surface area contributed by atoms with Gasteiger partial charge in [0.05, 0.1) is 18.3 Å². The number of carbonyl (C=O) groups is 1. The topological polar surface area (TPSA) is 46.5 Å².